The summed E-state index contributed by atoms with van der Waals surface area (Å²) in [6.45, 7) is 4.89. The normalized spacial score (nSPS) is 12.4. The van der Waals surface area contributed by atoms with Crippen molar-refractivity contribution < 1.29 is 13.2 Å². The summed E-state index contributed by atoms with van der Waals surface area (Å²) in [6.07, 6.45) is 0.886. The molecule has 2 rings (SSSR count). The predicted molar refractivity (Wildman–Crippen MR) is 78.5 cm³/mol. The van der Waals surface area contributed by atoms with Gasteiger partial charge in [0.2, 0.25) is 0 Å². The van der Waals surface area contributed by atoms with Gasteiger partial charge in [0.15, 0.2) is 11.6 Å². The maximum atomic E-state index is 13.9. The summed E-state index contributed by atoms with van der Waals surface area (Å²) in [6, 6.07) is 8.88. The summed E-state index contributed by atoms with van der Waals surface area (Å²) in [7, 11) is 0. The smallest absolute Gasteiger partial charge is 0.161 e. The molecule has 2 aromatic rings. The minimum atomic E-state index is -1.17. The van der Waals surface area contributed by atoms with Crippen LogP contribution >= 0.6 is 0 Å². The van der Waals surface area contributed by atoms with E-state index < -0.39 is 17.5 Å². The van der Waals surface area contributed by atoms with Crippen molar-refractivity contribution in [2.45, 2.75) is 26.3 Å². The first kappa shape index (κ1) is 15.6. The molecule has 0 bridgehead atoms. The Labute approximate surface area is 122 Å². The lowest BCUT2D eigenvalue weighted by Gasteiger charge is -2.17. The zero-order valence-electron chi connectivity index (χ0n) is 12.1. The second-order valence-corrected chi connectivity index (χ2v) is 4.89. The average molecular weight is 293 g/mol. The maximum Gasteiger partial charge on any atom is 0.161 e. The topological polar surface area (TPSA) is 12.0 Å². The van der Waals surface area contributed by atoms with Crippen molar-refractivity contribution >= 4 is 0 Å². The largest absolute Gasteiger partial charge is 0.310 e. The first-order chi connectivity index (χ1) is 10.1. The van der Waals surface area contributed by atoms with Gasteiger partial charge in [-0.2, -0.15) is 0 Å². The molecule has 0 aliphatic carbocycles. The Bertz CT molecular complexity index is 625. The van der Waals surface area contributed by atoms with Crippen molar-refractivity contribution in [1.82, 2.24) is 5.32 Å². The molecule has 0 saturated heterocycles. The van der Waals surface area contributed by atoms with Gasteiger partial charge in [-0.05, 0) is 36.2 Å². The molecule has 2 aromatic carbocycles. The van der Waals surface area contributed by atoms with Crippen molar-refractivity contribution in [3.8, 4) is 11.1 Å². The number of hydrogen-bond acceptors (Lipinski definition) is 1. The van der Waals surface area contributed by atoms with Gasteiger partial charge in [0.05, 0.1) is 0 Å². The second kappa shape index (κ2) is 6.76. The van der Waals surface area contributed by atoms with Crippen LogP contribution in [0.3, 0.4) is 0 Å². The molecule has 0 spiro atoms. The monoisotopic (exact) mass is 293 g/mol. The molecule has 0 aromatic heterocycles. The van der Waals surface area contributed by atoms with Crippen molar-refractivity contribution in [1.29, 1.82) is 0 Å². The third kappa shape index (κ3) is 3.45. The summed E-state index contributed by atoms with van der Waals surface area (Å²) in [5.74, 6) is -2.98. The number of benzene rings is 2. The Morgan fingerprint density at radius 3 is 2.33 bits per heavy atom. The van der Waals surface area contributed by atoms with Crippen molar-refractivity contribution in [2.24, 2.45) is 0 Å². The van der Waals surface area contributed by atoms with Gasteiger partial charge >= 0.3 is 0 Å². The minimum absolute atomic E-state index is 0.0714. The lowest BCUT2D eigenvalue weighted by molar-refractivity contribution is 0.496. The van der Waals surface area contributed by atoms with E-state index >= 15 is 0 Å². The Kier molecular flexibility index (Phi) is 5.02. The number of halogens is 3. The van der Waals surface area contributed by atoms with E-state index in [9.17, 15) is 13.2 Å². The Balaban J connectivity index is 2.44. The van der Waals surface area contributed by atoms with Gasteiger partial charge in [0.1, 0.15) is 5.82 Å². The molecule has 0 aliphatic heterocycles. The quantitative estimate of drug-likeness (QED) is 0.778. The molecule has 1 unspecified atom stereocenters. The van der Waals surface area contributed by atoms with Gasteiger partial charge in [-0.25, -0.2) is 13.2 Å². The lowest BCUT2D eigenvalue weighted by Crippen LogP contribution is -2.19. The lowest BCUT2D eigenvalue weighted by atomic mass is 9.98. The SMILES string of the molecule is CCNC(CC)c1cccc(-c2cc(F)c(F)cc2F)c1. The van der Waals surface area contributed by atoms with E-state index in [1.807, 2.05) is 19.1 Å². The minimum Gasteiger partial charge on any atom is -0.310 e. The molecular formula is C17H18F3N. The molecule has 21 heavy (non-hydrogen) atoms. The van der Waals surface area contributed by atoms with Crippen molar-refractivity contribution in [3.05, 3.63) is 59.4 Å². The zero-order chi connectivity index (χ0) is 15.4. The van der Waals surface area contributed by atoms with Gasteiger partial charge in [0, 0.05) is 17.7 Å². The van der Waals surface area contributed by atoms with Crippen LogP contribution in [0.15, 0.2) is 36.4 Å². The fourth-order valence-electron chi connectivity index (χ4n) is 2.41. The van der Waals surface area contributed by atoms with Crippen LogP contribution < -0.4 is 5.32 Å². The molecule has 0 saturated carbocycles. The predicted octanol–water partition coefficient (Wildman–Crippen LogP) is 4.83. The highest BCUT2D eigenvalue weighted by atomic mass is 19.2. The Morgan fingerprint density at radius 2 is 1.67 bits per heavy atom. The van der Waals surface area contributed by atoms with Crippen molar-refractivity contribution in [3.63, 3.8) is 0 Å². The fraction of sp³-hybridized carbons (Fsp3) is 0.294. The zero-order valence-corrected chi connectivity index (χ0v) is 12.1. The molecule has 0 radical (unpaired) electrons. The Hall–Kier alpha value is -1.81. The molecule has 0 amide bonds. The van der Waals surface area contributed by atoms with Gasteiger partial charge < -0.3 is 5.32 Å². The fourth-order valence-corrected chi connectivity index (χ4v) is 2.41. The molecule has 1 N–H and O–H groups in total. The van der Waals surface area contributed by atoms with Crippen molar-refractivity contribution in [2.75, 3.05) is 6.54 Å². The van der Waals surface area contributed by atoms with Crippen LogP contribution in [0.1, 0.15) is 31.9 Å². The van der Waals surface area contributed by atoms with Gasteiger partial charge in [-0.15, -0.1) is 0 Å². The van der Waals surface area contributed by atoms with Crippen LogP contribution in [-0.2, 0) is 0 Å². The third-order valence-corrected chi connectivity index (χ3v) is 3.47. The molecule has 0 aliphatic rings. The highest BCUT2D eigenvalue weighted by molar-refractivity contribution is 5.65. The van der Waals surface area contributed by atoms with E-state index in [2.05, 4.69) is 12.2 Å². The first-order valence-corrected chi connectivity index (χ1v) is 7.05. The third-order valence-electron chi connectivity index (χ3n) is 3.47. The first-order valence-electron chi connectivity index (χ1n) is 7.05. The van der Waals surface area contributed by atoms with Crippen LogP contribution in [0.2, 0.25) is 0 Å². The van der Waals surface area contributed by atoms with Crippen LogP contribution in [0.4, 0.5) is 13.2 Å². The molecule has 0 fully saturated rings. The van der Waals surface area contributed by atoms with Gasteiger partial charge in [-0.1, -0.05) is 32.0 Å². The van der Waals surface area contributed by atoms with Gasteiger partial charge in [0.25, 0.3) is 0 Å². The van der Waals surface area contributed by atoms with E-state index in [1.165, 1.54) is 0 Å². The highest BCUT2D eigenvalue weighted by Gasteiger charge is 2.13. The van der Waals surface area contributed by atoms with Gasteiger partial charge in [-0.3, -0.25) is 0 Å². The molecule has 0 heterocycles. The van der Waals surface area contributed by atoms with Crippen LogP contribution in [0.25, 0.3) is 11.1 Å². The maximum absolute atomic E-state index is 13.9. The molecule has 1 nitrogen and oxygen atoms in total. The summed E-state index contributed by atoms with van der Waals surface area (Å²) in [5, 5.41) is 3.33. The van der Waals surface area contributed by atoms with Crippen LogP contribution in [0.5, 0.6) is 0 Å². The average Bonchev–Trinajstić information content (AvgIpc) is 2.48. The van der Waals surface area contributed by atoms with E-state index in [0.29, 0.717) is 11.6 Å². The van der Waals surface area contributed by atoms with E-state index in [-0.39, 0.29) is 11.6 Å². The molecular weight excluding hydrogens is 275 g/mol. The summed E-state index contributed by atoms with van der Waals surface area (Å²) < 4.78 is 40.2. The molecule has 112 valence electrons. The van der Waals surface area contributed by atoms with E-state index in [0.717, 1.165) is 24.6 Å². The summed E-state index contributed by atoms with van der Waals surface area (Å²) >= 11 is 0. The Morgan fingerprint density at radius 1 is 0.952 bits per heavy atom. The molecule has 4 heteroatoms. The highest BCUT2D eigenvalue weighted by Crippen LogP contribution is 2.28. The van der Waals surface area contributed by atoms with E-state index in [1.54, 1.807) is 12.1 Å². The summed E-state index contributed by atoms with van der Waals surface area (Å²) in [4.78, 5) is 0. The molecule has 1 atom stereocenters. The number of nitrogens with one attached hydrogen (secondary N) is 1. The summed E-state index contributed by atoms with van der Waals surface area (Å²) in [5.41, 5.74) is 1.61. The standard InChI is InChI=1S/C17H18F3N/c1-3-17(21-4-2)12-7-5-6-11(8-12)13-9-15(19)16(20)10-14(13)18/h5-10,17,21H,3-4H2,1-2H3. The van der Waals surface area contributed by atoms with E-state index in [4.69, 9.17) is 0 Å². The van der Waals surface area contributed by atoms with Crippen LogP contribution in [-0.4, -0.2) is 6.54 Å². The second-order valence-electron chi connectivity index (χ2n) is 4.89. The van der Waals surface area contributed by atoms with Crippen LogP contribution in [0, 0.1) is 17.5 Å². The number of hydrogen-bond donors (Lipinski definition) is 1. The number of rotatable bonds is 5.